The number of guanidine groups is 1. The van der Waals surface area contributed by atoms with E-state index < -0.39 is 6.61 Å². The maximum Gasteiger partial charge on any atom is 0.387 e. The lowest BCUT2D eigenvalue weighted by Crippen LogP contribution is -2.36. The monoisotopic (exact) mass is 408 g/mol. The Balaban J connectivity index is 1.93. The highest BCUT2D eigenvalue weighted by Gasteiger charge is 2.11. The Morgan fingerprint density at radius 2 is 1.97 bits per heavy atom. The average Bonchev–Trinajstić information content (AvgIpc) is 2.73. The van der Waals surface area contributed by atoms with Crippen LogP contribution in [-0.2, 0) is 13.1 Å². The van der Waals surface area contributed by atoms with Gasteiger partial charge in [0.05, 0.1) is 13.7 Å². The van der Waals surface area contributed by atoms with Crippen LogP contribution in [0.2, 0.25) is 0 Å². The number of halogens is 2. The van der Waals surface area contributed by atoms with E-state index in [2.05, 4.69) is 25.3 Å². The van der Waals surface area contributed by atoms with Gasteiger partial charge in [-0.2, -0.15) is 8.78 Å². The molecule has 0 aliphatic rings. The molecule has 1 heterocycles. The largest absolute Gasteiger partial charge is 0.497 e. The first-order valence-electron chi connectivity index (χ1n) is 9.19. The van der Waals surface area contributed by atoms with Gasteiger partial charge >= 0.3 is 6.61 Å². The Bertz CT molecular complexity index is 786. The van der Waals surface area contributed by atoms with Gasteiger partial charge in [-0.25, -0.2) is 4.98 Å². The Kier molecular flexibility index (Phi) is 8.94. The number of aliphatic imine (C=N–C) groups is 1. The van der Waals surface area contributed by atoms with E-state index in [0.29, 0.717) is 36.3 Å². The van der Waals surface area contributed by atoms with Gasteiger partial charge in [0.25, 0.3) is 0 Å². The number of aromatic nitrogens is 1. The normalized spacial score (nSPS) is 11.3. The van der Waals surface area contributed by atoms with Gasteiger partial charge in [-0.3, -0.25) is 4.99 Å². The van der Waals surface area contributed by atoms with Gasteiger partial charge in [-0.1, -0.05) is 13.0 Å². The molecular weight excluding hydrogens is 382 g/mol. The Hall–Kier alpha value is -3.10. The minimum absolute atomic E-state index is 0.0793. The van der Waals surface area contributed by atoms with E-state index in [4.69, 9.17) is 9.47 Å². The summed E-state index contributed by atoms with van der Waals surface area (Å²) in [5, 5.41) is 6.22. The second-order valence-corrected chi connectivity index (χ2v) is 5.98. The highest BCUT2D eigenvalue weighted by Crippen LogP contribution is 2.25. The standard InChI is InChI=1S/C20H26F2N4O3/c1-4-9-28-18-8-5-14(11-24-18)12-25-20(23-2)26-13-15-10-16(27-3)6-7-17(15)29-19(21)22/h5-8,10-11,19H,4,9,12-13H2,1-3H3,(H2,23,25,26). The molecule has 2 N–H and O–H groups in total. The van der Waals surface area contributed by atoms with Crippen molar-refractivity contribution in [1.82, 2.24) is 15.6 Å². The van der Waals surface area contributed by atoms with E-state index in [1.165, 1.54) is 13.2 Å². The number of hydrogen-bond acceptors (Lipinski definition) is 5. The quantitative estimate of drug-likeness (QED) is 0.464. The lowest BCUT2D eigenvalue weighted by Gasteiger charge is -2.15. The molecule has 7 nitrogen and oxygen atoms in total. The molecule has 2 aromatic rings. The molecule has 0 saturated carbocycles. The van der Waals surface area contributed by atoms with Crippen LogP contribution >= 0.6 is 0 Å². The summed E-state index contributed by atoms with van der Waals surface area (Å²) in [5.41, 5.74) is 1.46. The summed E-state index contributed by atoms with van der Waals surface area (Å²) < 4.78 is 40.4. The number of rotatable bonds is 10. The Morgan fingerprint density at radius 1 is 1.17 bits per heavy atom. The first kappa shape index (κ1) is 22.2. The highest BCUT2D eigenvalue weighted by molar-refractivity contribution is 5.79. The van der Waals surface area contributed by atoms with Crippen molar-refractivity contribution < 1.29 is 23.0 Å². The zero-order valence-corrected chi connectivity index (χ0v) is 16.7. The number of nitrogens with zero attached hydrogens (tertiary/aromatic N) is 2. The van der Waals surface area contributed by atoms with Crippen LogP contribution in [0.5, 0.6) is 17.4 Å². The molecule has 0 aliphatic carbocycles. The molecule has 1 aromatic carbocycles. The minimum Gasteiger partial charge on any atom is -0.497 e. The number of methoxy groups -OCH3 is 1. The number of nitrogens with one attached hydrogen (secondary N) is 2. The van der Waals surface area contributed by atoms with Crippen LogP contribution in [0, 0.1) is 0 Å². The maximum atomic E-state index is 12.6. The summed E-state index contributed by atoms with van der Waals surface area (Å²) in [6, 6.07) is 8.38. The fraction of sp³-hybridized carbons (Fsp3) is 0.400. The summed E-state index contributed by atoms with van der Waals surface area (Å²) in [6.07, 6.45) is 2.65. The van der Waals surface area contributed by atoms with Crippen molar-refractivity contribution in [3.05, 3.63) is 47.7 Å². The number of ether oxygens (including phenoxy) is 3. The van der Waals surface area contributed by atoms with E-state index in [9.17, 15) is 8.78 Å². The predicted molar refractivity (Wildman–Crippen MR) is 107 cm³/mol. The summed E-state index contributed by atoms with van der Waals surface area (Å²) in [6.45, 7) is 0.463. The zero-order chi connectivity index (χ0) is 21.1. The van der Waals surface area contributed by atoms with Crippen molar-refractivity contribution in [2.45, 2.75) is 33.0 Å². The third-order valence-electron chi connectivity index (χ3n) is 3.87. The van der Waals surface area contributed by atoms with E-state index in [-0.39, 0.29) is 12.3 Å². The molecule has 0 bridgehead atoms. The molecule has 0 atom stereocenters. The maximum absolute atomic E-state index is 12.6. The number of alkyl halides is 2. The van der Waals surface area contributed by atoms with Gasteiger partial charge in [0.1, 0.15) is 11.5 Å². The van der Waals surface area contributed by atoms with Gasteiger partial charge in [-0.05, 0) is 30.2 Å². The second kappa shape index (κ2) is 11.7. The van der Waals surface area contributed by atoms with Gasteiger partial charge in [-0.15, -0.1) is 0 Å². The van der Waals surface area contributed by atoms with Crippen molar-refractivity contribution in [2.24, 2.45) is 4.99 Å². The van der Waals surface area contributed by atoms with Gasteiger partial charge in [0.2, 0.25) is 5.88 Å². The molecule has 0 radical (unpaired) electrons. The minimum atomic E-state index is -2.91. The number of pyridine rings is 1. The van der Waals surface area contributed by atoms with Crippen molar-refractivity contribution in [3.8, 4) is 17.4 Å². The second-order valence-electron chi connectivity index (χ2n) is 5.98. The van der Waals surface area contributed by atoms with Crippen molar-refractivity contribution in [3.63, 3.8) is 0 Å². The number of benzene rings is 1. The van der Waals surface area contributed by atoms with Crippen LogP contribution in [0.4, 0.5) is 8.78 Å². The predicted octanol–water partition coefficient (Wildman–Crippen LogP) is 3.35. The summed E-state index contributed by atoms with van der Waals surface area (Å²) in [5.74, 6) is 1.71. The van der Waals surface area contributed by atoms with E-state index in [0.717, 1.165) is 12.0 Å². The zero-order valence-electron chi connectivity index (χ0n) is 16.7. The van der Waals surface area contributed by atoms with Crippen LogP contribution in [0.15, 0.2) is 41.5 Å². The summed E-state index contributed by atoms with van der Waals surface area (Å²) >= 11 is 0. The lowest BCUT2D eigenvalue weighted by atomic mass is 10.2. The van der Waals surface area contributed by atoms with Gasteiger partial charge in [0, 0.05) is 38.0 Å². The molecule has 29 heavy (non-hydrogen) atoms. The van der Waals surface area contributed by atoms with Crippen molar-refractivity contribution in [1.29, 1.82) is 0 Å². The smallest absolute Gasteiger partial charge is 0.387 e. The first-order valence-corrected chi connectivity index (χ1v) is 9.19. The topological polar surface area (TPSA) is 77.0 Å². The molecule has 1 aromatic heterocycles. The Morgan fingerprint density at radius 3 is 2.59 bits per heavy atom. The average molecular weight is 408 g/mol. The third kappa shape index (κ3) is 7.44. The third-order valence-corrected chi connectivity index (χ3v) is 3.87. The molecule has 2 rings (SSSR count). The molecule has 0 unspecified atom stereocenters. The van der Waals surface area contributed by atoms with Gasteiger partial charge in [0.15, 0.2) is 5.96 Å². The molecule has 0 fully saturated rings. The fourth-order valence-electron chi connectivity index (χ4n) is 2.42. The molecule has 0 saturated heterocycles. The van der Waals surface area contributed by atoms with E-state index in [1.54, 1.807) is 25.4 Å². The van der Waals surface area contributed by atoms with Crippen LogP contribution in [0.25, 0.3) is 0 Å². The lowest BCUT2D eigenvalue weighted by molar-refractivity contribution is -0.0505. The fourth-order valence-corrected chi connectivity index (χ4v) is 2.42. The van der Waals surface area contributed by atoms with Crippen LogP contribution in [0.3, 0.4) is 0 Å². The van der Waals surface area contributed by atoms with Crippen LogP contribution in [-0.4, -0.2) is 38.3 Å². The van der Waals surface area contributed by atoms with Crippen LogP contribution < -0.4 is 24.8 Å². The molecule has 9 heteroatoms. The molecule has 0 aliphatic heterocycles. The summed E-state index contributed by atoms with van der Waals surface area (Å²) in [4.78, 5) is 8.39. The molecular formula is C20H26F2N4O3. The Labute approximate surface area is 169 Å². The molecule has 0 spiro atoms. The number of hydrogen-bond donors (Lipinski definition) is 2. The summed E-state index contributed by atoms with van der Waals surface area (Å²) in [7, 11) is 3.13. The van der Waals surface area contributed by atoms with Crippen molar-refractivity contribution in [2.75, 3.05) is 20.8 Å². The van der Waals surface area contributed by atoms with E-state index >= 15 is 0 Å². The van der Waals surface area contributed by atoms with Gasteiger partial charge < -0.3 is 24.8 Å². The van der Waals surface area contributed by atoms with Crippen molar-refractivity contribution >= 4 is 5.96 Å². The molecule has 158 valence electrons. The van der Waals surface area contributed by atoms with Crippen LogP contribution in [0.1, 0.15) is 24.5 Å². The molecule has 0 amide bonds. The SMILES string of the molecule is CCCOc1ccc(CNC(=NC)NCc2cc(OC)ccc2OC(F)F)cn1. The van der Waals surface area contributed by atoms with E-state index in [1.807, 2.05) is 19.1 Å². The highest BCUT2D eigenvalue weighted by atomic mass is 19.3. The first-order chi connectivity index (χ1) is 14.0.